The van der Waals surface area contributed by atoms with Gasteiger partial charge in [-0.1, -0.05) is 53.1 Å². The predicted molar refractivity (Wildman–Crippen MR) is 96.3 cm³/mol. The van der Waals surface area contributed by atoms with Gasteiger partial charge in [-0.3, -0.25) is 4.79 Å². The smallest absolute Gasteiger partial charge is 0.288 e. The Morgan fingerprint density at radius 3 is 2.92 bits per heavy atom. The number of anilines is 2. The van der Waals surface area contributed by atoms with E-state index >= 15 is 0 Å². The molecule has 0 radical (unpaired) electrons. The second kappa shape index (κ2) is 9.60. The number of alkyl halides is 2. The Balaban J connectivity index is 1.87. The second-order valence-corrected chi connectivity index (χ2v) is 7.49. The molecular weight excluding hydrogens is 374 g/mol. The van der Waals surface area contributed by atoms with Crippen LogP contribution >= 0.6 is 34.9 Å². The van der Waals surface area contributed by atoms with Crippen molar-refractivity contribution in [3.63, 3.8) is 0 Å². The third kappa shape index (κ3) is 6.10. The lowest BCUT2D eigenvalue weighted by molar-refractivity contribution is -0.113. The number of para-hydroxylation sites is 1. The lowest BCUT2D eigenvalue weighted by atomic mass is 10.3. The van der Waals surface area contributed by atoms with Gasteiger partial charge < -0.3 is 10.6 Å². The maximum Gasteiger partial charge on any atom is 0.288 e. The van der Waals surface area contributed by atoms with Crippen LogP contribution in [-0.2, 0) is 4.79 Å². The number of amides is 1. The van der Waals surface area contributed by atoms with E-state index < -0.39 is 5.76 Å². The van der Waals surface area contributed by atoms with Gasteiger partial charge in [0.05, 0.1) is 11.4 Å². The van der Waals surface area contributed by atoms with E-state index in [1.54, 1.807) is 30.3 Å². The van der Waals surface area contributed by atoms with E-state index in [0.29, 0.717) is 38.4 Å². The number of nitrogens with one attached hydrogen (secondary N) is 2. The van der Waals surface area contributed by atoms with Crippen LogP contribution < -0.4 is 10.6 Å². The molecule has 2 rings (SSSR count). The molecule has 24 heavy (non-hydrogen) atoms. The number of carbonyl (C=O) groups is 1. The number of thioether (sulfide) groups is 2. The number of hydrogen-bond acceptors (Lipinski definition) is 7. The van der Waals surface area contributed by atoms with Gasteiger partial charge in [-0.2, -0.15) is 8.78 Å². The van der Waals surface area contributed by atoms with Gasteiger partial charge in [-0.15, -0.1) is 16.8 Å². The zero-order chi connectivity index (χ0) is 17.4. The Morgan fingerprint density at radius 2 is 2.17 bits per heavy atom. The number of rotatable bonds is 9. The molecule has 1 aromatic heterocycles. The van der Waals surface area contributed by atoms with E-state index in [1.807, 2.05) is 0 Å². The highest BCUT2D eigenvalue weighted by atomic mass is 32.2. The first-order valence-electron chi connectivity index (χ1n) is 6.73. The molecule has 0 spiro atoms. The summed E-state index contributed by atoms with van der Waals surface area (Å²) in [6, 6.07) is 6.46. The van der Waals surface area contributed by atoms with E-state index in [9.17, 15) is 13.6 Å². The standard InChI is InChI=1S/C14H14F2N4OS3/c1-2-7-17-13-19-20-14(24-13)22-8-11(21)18-9-5-3-4-6-10(9)23-12(15)16/h2-6,12H,1,7-8H2,(H,17,19)(H,18,21). The van der Waals surface area contributed by atoms with Gasteiger partial charge >= 0.3 is 0 Å². The van der Waals surface area contributed by atoms with E-state index in [1.165, 1.54) is 23.1 Å². The summed E-state index contributed by atoms with van der Waals surface area (Å²) in [4.78, 5) is 12.3. The maximum atomic E-state index is 12.5. The fourth-order valence-corrected chi connectivity index (χ4v) is 3.74. The summed E-state index contributed by atoms with van der Waals surface area (Å²) in [6.07, 6.45) is 1.70. The molecule has 2 aromatic rings. The molecule has 0 aliphatic rings. The van der Waals surface area contributed by atoms with Crippen LogP contribution in [0.15, 0.2) is 46.2 Å². The molecule has 1 amide bonds. The Bertz CT molecular complexity index is 696. The number of hydrogen-bond donors (Lipinski definition) is 2. The number of nitrogens with zero attached hydrogens (tertiary/aromatic N) is 2. The summed E-state index contributed by atoms with van der Waals surface area (Å²) in [7, 11) is 0. The minimum atomic E-state index is -2.54. The van der Waals surface area contributed by atoms with Crippen molar-refractivity contribution in [1.82, 2.24) is 10.2 Å². The van der Waals surface area contributed by atoms with E-state index in [4.69, 9.17) is 0 Å². The van der Waals surface area contributed by atoms with Crippen molar-refractivity contribution in [1.29, 1.82) is 0 Å². The highest BCUT2D eigenvalue weighted by Gasteiger charge is 2.13. The first kappa shape index (κ1) is 18.7. The quantitative estimate of drug-likeness (QED) is 0.496. The minimum absolute atomic E-state index is 0.115. The van der Waals surface area contributed by atoms with Gasteiger partial charge in [-0.05, 0) is 12.1 Å². The van der Waals surface area contributed by atoms with Crippen LogP contribution in [0.4, 0.5) is 19.6 Å². The van der Waals surface area contributed by atoms with E-state index in [-0.39, 0.29) is 11.7 Å². The molecule has 1 heterocycles. The molecule has 128 valence electrons. The van der Waals surface area contributed by atoms with Gasteiger partial charge in [0.2, 0.25) is 11.0 Å². The predicted octanol–water partition coefficient (Wildman–Crippen LogP) is 4.18. The second-order valence-electron chi connectivity index (χ2n) is 4.25. The lowest BCUT2D eigenvalue weighted by Crippen LogP contribution is -2.14. The third-order valence-corrected chi connectivity index (χ3v) is 5.31. The van der Waals surface area contributed by atoms with Crippen LogP contribution in [0.25, 0.3) is 0 Å². The van der Waals surface area contributed by atoms with Crippen LogP contribution in [0.1, 0.15) is 0 Å². The third-order valence-electron chi connectivity index (χ3n) is 2.51. The largest absolute Gasteiger partial charge is 0.357 e. The number of benzene rings is 1. The molecule has 5 nitrogen and oxygen atoms in total. The number of halogens is 2. The van der Waals surface area contributed by atoms with Crippen molar-refractivity contribution < 1.29 is 13.6 Å². The van der Waals surface area contributed by atoms with Gasteiger partial charge in [0.1, 0.15) is 0 Å². The van der Waals surface area contributed by atoms with Crippen LogP contribution in [0.5, 0.6) is 0 Å². The van der Waals surface area contributed by atoms with Crippen molar-refractivity contribution in [3.05, 3.63) is 36.9 Å². The summed E-state index contributed by atoms with van der Waals surface area (Å²) >= 11 is 2.97. The fraction of sp³-hybridized carbons (Fsp3) is 0.214. The van der Waals surface area contributed by atoms with E-state index in [2.05, 4.69) is 27.4 Å². The van der Waals surface area contributed by atoms with Crippen molar-refractivity contribution in [2.45, 2.75) is 15.0 Å². The Kier molecular flexibility index (Phi) is 7.47. The van der Waals surface area contributed by atoms with Crippen LogP contribution in [-0.4, -0.2) is 34.2 Å². The topological polar surface area (TPSA) is 66.9 Å². The maximum absolute atomic E-state index is 12.5. The van der Waals surface area contributed by atoms with Crippen molar-refractivity contribution >= 4 is 51.6 Å². The van der Waals surface area contributed by atoms with Crippen molar-refractivity contribution in [3.8, 4) is 0 Å². The van der Waals surface area contributed by atoms with Gasteiger partial charge in [0, 0.05) is 11.4 Å². The minimum Gasteiger partial charge on any atom is -0.357 e. The zero-order valence-electron chi connectivity index (χ0n) is 12.4. The van der Waals surface area contributed by atoms with Crippen LogP contribution in [0.2, 0.25) is 0 Å². The van der Waals surface area contributed by atoms with Gasteiger partial charge in [0.15, 0.2) is 4.34 Å². The number of carbonyl (C=O) groups excluding carboxylic acids is 1. The molecule has 0 saturated heterocycles. The summed E-state index contributed by atoms with van der Waals surface area (Å²) in [5, 5.41) is 14.2. The average molecular weight is 388 g/mol. The molecule has 2 N–H and O–H groups in total. The first-order valence-corrected chi connectivity index (χ1v) is 9.41. The average Bonchev–Trinajstić information content (AvgIpc) is 3.00. The van der Waals surface area contributed by atoms with E-state index in [0.717, 1.165) is 0 Å². The highest BCUT2D eigenvalue weighted by Crippen LogP contribution is 2.32. The Morgan fingerprint density at radius 1 is 1.38 bits per heavy atom. The van der Waals surface area contributed by atoms with Crippen molar-refractivity contribution in [2.24, 2.45) is 0 Å². The lowest BCUT2D eigenvalue weighted by Gasteiger charge is -2.09. The molecule has 0 unspecified atom stereocenters. The Labute approximate surface area is 150 Å². The molecule has 1 aromatic carbocycles. The molecule has 0 saturated carbocycles. The molecule has 10 heteroatoms. The Hall–Kier alpha value is -1.65. The van der Waals surface area contributed by atoms with Crippen LogP contribution in [0, 0.1) is 0 Å². The molecule has 0 aliphatic heterocycles. The summed E-state index contributed by atoms with van der Waals surface area (Å²) in [5.41, 5.74) is 0.374. The summed E-state index contributed by atoms with van der Waals surface area (Å²) in [6.45, 7) is 4.18. The number of aromatic nitrogens is 2. The monoisotopic (exact) mass is 388 g/mol. The zero-order valence-corrected chi connectivity index (χ0v) is 14.8. The summed E-state index contributed by atoms with van der Waals surface area (Å²) < 4.78 is 25.7. The molecule has 0 bridgehead atoms. The normalized spacial score (nSPS) is 10.6. The highest BCUT2D eigenvalue weighted by molar-refractivity contribution is 8.01. The van der Waals surface area contributed by atoms with Crippen LogP contribution in [0.3, 0.4) is 0 Å². The molecular formula is C14H14F2N4OS3. The van der Waals surface area contributed by atoms with Gasteiger partial charge in [-0.25, -0.2) is 0 Å². The first-order chi connectivity index (χ1) is 11.6. The molecule has 0 aliphatic carbocycles. The summed E-state index contributed by atoms with van der Waals surface area (Å²) in [5.74, 6) is -2.72. The molecule has 0 fully saturated rings. The van der Waals surface area contributed by atoms with Crippen molar-refractivity contribution in [2.75, 3.05) is 22.9 Å². The fourth-order valence-electron chi connectivity index (χ4n) is 1.58. The molecule has 0 atom stereocenters. The SMILES string of the molecule is C=CCNc1nnc(SCC(=O)Nc2ccccc2SC(F)F)s1. The van der Waals surface area contributed by atoms with Gasteiger partial charge in [0.25, 0.3) is 5.76 Å².